The van der Waals surface area contributed by atoms with Crippen LogP contribution in [-0.2, 0) is 0 Å². The smallest absolute Gasteiger partial charge is 0.0765 e. The molecule has 0 aliphatic carbocycles. The fourth-order valence-corrected chi connectivity index (χ4v) is 4.38. The molecule has 0 fully saturated rings. The minimum absolute atomic E-state index is 0.0468. The summed E-state index contributed by atoms with van der Waals surface area (Å²) in [5, 5.41) is 0. The van der Waals surface area contributed by atoms with Gasteiger partial charge in [0, 0.05) is 28.9 Å². The van der Waals surface area contributed by atoms with Gasteiger partial charge in [-0.25, -0.2) is 0 Å². The zero-order valence-electron chi connectivity index (χ0n) is 16.6. The zero-order valence-corrected chi connectivity index (χ0v) is 17.4. The maximum absolute atomic E-state index is 4.77. The van der Waals surface area contributed by atoms with E-state index < -0.39 is 0 Å². The number of fused-ring (bicyclic) bond motifs is 1. The molecule has 0 amide bonds. The lowest BCUT2D eigenvalue weighted by molar-refractivity contribution is 0.566. The number of rotatable bonds is 4. The molecule has 2 nitrogen and oxygen atoms in total. The van der Waals surface area contributed by atoms with Gasteiger partial charge in [0.05, 0.1) is 11.2 Å². The summed E-state index contributed by atoms with van der Waals surface area (Å²) in [7, 11) is 0. The fourth-order valence-electron chi connectivity index (χ4n) is 3.84. The van der Waals surface area contributed by atoms with Crippen molar-refractivity contribution in [1.29, 1.82) is 0 Å². The highest BCUT2D eigenvalue weighted by molar-refractivity contribution is 7.98. The van der Waals surface area contributed by atoms with Crippen LogP contribution < -0.4 is 4.90 Å². The van der Waals surface area contributed by atoms with Crippen molar-refractivity contribution in [2.24, 2.45) is 4.99 Å². The second kappa shape index (κ2) is 7.32. The summed E-state index contributed by atoms with van der Waals surface area (Å²) in [6.45, 7) is 12.2. The molecule has 1 aliphatic rings. The first-order chi connectivity index (χ1) is 12.4. The molecule has 0 aromatic heterocycles. The molecule has 0 spiro atoms. The lowest BCUT2D eigenvalue weighted by Crippen LogP contribution is -2.45. The second-order valence-electron chi connectivity index (χ2n) is 7.38. The van der Waals surface area contributed by atoms with Crippen LogP contribution in [0.3, 0.4) is 0 Å². The summed E-state index contributed by atoms with van der Waals surface area (Å²) in [5.41, 5.74) is 7.51. The fraction of sp³-hybridized carbons (Fsp3) is 0.348. The molecule has 3 heteroatoms. The van der Waals surface area contributed by atoms with Gasteiger partial charge in [-0.1, -0.05) is 18.2 Å². The SMILES string of the molecule is CCN1c2cc(C)c(C=Nc3ccccc3SC)cc2C(C)=CC1(C)C. The van der Waals surface area contributed by atoms with Crippen LogP contribution in [0.25, 0.3) is 5.57 Å². The topological polar surface area (TPSA) is 15.6 Å². The Bertz CT molecular complexity index is 878. The summed E-state index contributed by atoms with van der Waals surface area (Å²) < 4.78 is 0. The summed E-state index contributed by atoms with van der Waals surface area (Å²) in [5.74, 6) is 0. The molecular formula is C23H28N2S. The molecule has 0 saturated heterocycles. The van der Waals surface area contributed by atoms with Crippen LogP contribution in [0.5, 0.6) is 0 Å². The zero-order chi connectivity index (χ0) is 18.9. The van der Waals surface area contributed by atoms with Gasteiger partial charge in [-0.05, 0) is 81.8 Å². The van der Waals surface area contributed by atoms with Gasteiger partial charge >= 0.3 is 0 Å². The largest absolute Gasteiger partial charge is 0.363 e. The number of allylic oxidation sites excluding steroid dienone is 1. The minimum atomic E-state index is 0.0468. The molecular weight excluding hydrogens is 336 g/mol. The van der Waals surface area contributed by atoms with Crippen molar-refractivity contribution in [1.82, 2.24) is 0 Å². The van der Waals surface area contributed by atoms with Crippen LogP contribution in [0.15, 0.2) is 52.4 Å². The van der Waals surface area contributed by atoms with Crippen molar-refractivity contribution in [3.63, 3.8) is 0 Å². The molecule has 26 heavy (non-hydrogen) atoms. The highest BCUT2D eigenvalue weighted by Gasteiger charge is 2.30. The van der Waals surface area contributed by atoms with Gasteiger partial charge in [-0.2, -0.15) is 0 Å². The van der Waals surface area contributed by atoms with Gasteiger partial charge in [-0.15, -0.1) is 11.8 Å². The number of hydrogen-bond acceptors (Lipinski definition) is 3. The lowest BCUT2D eigenvalue weighted by Gasteiger charge is -2.43. The monoisotopic (exact) mass is 364 g/mol. The predicted molar refractivity (Wildman–Crippen MR) is 117 cm³/mol. The number of thioether (sulfide) groups is 1. The number of aliphatic imine (C=N–C) groups is 1. The van der Waals surface area contributed by atoms with E-state index in [-0.39, 0.29) is 5.54 Å². The first kappa shape index (κ1) is 18.8. The van der Waals surface area contributed by atoms with E-state index in [1.54, 1.807) is 11.8 Å². The Balaban J connectivity index is 2.04. The number of benzene rings is 2. The van der Waals surface area contributed by atoms with Crippen molar-refractivity contribution < 1.29 is 0 Å². The summed E-state index contributed by atoms with van der Waals surface area (Å²) in [6.07, 6.45) is 6.47. The summed E-state index contributed by atoms with van der Waals surface area (Å²) in [6, 6.07) is 12.9. The van der Waals surface area contributed by atoms with Gasteiger partial charge in [0.15, 0.2) is 0 Å². The summed E-state index contributed by atoms with van der Waals surface area (Å²) >= 11 is 1.73. The molecule has 0 saturated carbocycles. The number of hydrogen-bond donors (Lipinski definition) is 0. The van der Waals surface area contributed by atoms with Gasteiger partial charge in [0.1, 0.15) is 0 Å². The van der Waals surface area contributed by atoms with Crippen molar-refractivity contribution in [3.05, 3.63) is 59.2 Å². The third-order valence-electron chi connectivity index (χ3n) is 5.11. The molecule has 3 rings (SSSR count). The van der Waals surface area contributed by atoms with Crippen molar-refractivity contribution >= 4 is 34.9 Å². The minimum Gasteiger partial charge on any atom is -0.363 e. The Morgan fingerprint density at radius 3 is 2.58 bits per heavy atom. The Kier molecular flexibility index (Phi) is 5.29. The highest BCUT2D eigenvalue weighted by atomic mass is 32.2. The first-order valence-electron chi connectivity index (χ1n) is 9.16. The molecule has 0 atom stereocenters. The van der Waals surface area contributed by atoms with E-state index in [2.05, 4.69) is 82.2 Å². The Labute approximate surface area is 162 Å². The predicted octanol–water partition coefficient (Wildman–Crippen LogP) is 6.49. The number of nitrogens with zero attached hydrogens (tertiary/aromatic N) is 2. The van der Waals surface area contributed by atoms with Crippen LogP contribution >= 0.6 is 11.8 Å². The molecule has 0 N–H and O–H groups in total. The normalized spacial score (nSPS) is 15.9. The first-order valence-corrected chi connectivity index (χ1v) is 10.4. The molecule has 0 bridgehead atoms. The average molecular weight is 365 g/mol. The van der Waals surface area contributed by atoms with E-state index in [0.29, 0.717) is 0 Å². The van der Waals surface area contributed by atoms with Crippen LogP contribution in [0.4, 0.5) is 11.4 Å². The van der Waals surface area contributed by atoms with Gasteiger partial charge < -0.3 is 4.90 Å². The molecule has 1 aliphatic heterocycles. The van der Waals surface area contributed by atoms with Crippen LogP contribution in [0, 0.1) is 6.92 Å². The van der Waals surface area contributed by atoms with Crippen molar-refractivity contribution in [3.8, 4) is 0 Å². The van der Waals surface area contributed by atoms with E-state index >= 15 is 0 Å². The van der Waals surface area contributed by atoms with E-state index in [1.165, 1.54) is 32.8 Å². The molecule has 136 valence electrons. The van der Waals surface area contributed by atoms with E-state index in [0.717, 1.165) is 12.2 Å². The van der Waals surface area contributed by atoms with Crippen molar-refractivity contribution in [2.45, 2.75) is 45.1 Å². The molecule has 0 unspecified atom stereocenters. The maximum atomic E-state index is 4.77. The van der Waals surface area contributed by atoms with Gasteiger partial charge in [0.25, 0.3) is 0 Å². The third-order valence-corrected chi connectivity index (χ3v) is 5.89. The standard InChI is InChI=1S/C23H28N2S/c1-7-25-21-12-16(2)18(13-19(21)17(3)14-23(25,4)5)15-24-20-10-8-9-11-22(20)26-6/h8-15H,7H2,1-6H3. The maximum Gasteiger partial charge on any atom is 0.0765 e. The Hall–Kier alpha value is -2.00. The number of para-hydroxylation sites is 1. The van der Waals surface area contributed by atoms with Crippen LogP contribution in [0.2, 0.25) is 0 Å². The van der Waals surface area contributed by atoms with Gasteiger partial charge in [-0.3, -0.25) is 4.99 Å². The molecule has 2 aromatic carbocycles. The molecule has 1 heterocycles. The van der Waals surface area contributed by atoms with E-state index in [9.17, 15) is 0 Å². The van der Waals surface area contributed by atoms with Crippen molar-refractivity contribution in [2.75, 3.05) is 17.7 Å². The Morgan fingerprint density at radius 1 is 1.15 bits per heavy atom. The Morgan fingerprint density at radius 2 is 1.88 bits per heavy atom. The number of likely N-dealkylation sites (N-methyl/N-ethyl adjacent to an activating group) is 1. The number of aryl methyl sites for hydroxylation is 1. The lowest BCUT2D eigenvalue weighted by atomic mass is 9.87. The highest BCUT2D eigenvalue weighted by Crippen LogP contribution is 2.40. The van der Waals surface area contributed by atoms with E-state index in [4.69, 9.17) is 4.99 Å². The quantitative estimate of drug-likeness (QED) is 0.455. The molecule has 2 aromatic rings. The van der Waals surface area contributed by atoms with Gasteiger partial charge in [0.2, 0.25) is 0 Å². The number of anilines is 1. The average Bonchev–Trinajstić information content (AvgIpc) is 2.60. The van der Waals surface area contributed by atoms with Crippen LogP contribution in [-0.4, -0.2) is 24.6 Å². The summed E-state index contributed by atoms with van der Waals surface area (Å²) in [4.78, 5) is 8.45. The van der Waals surface area contributed by atoms with E-state index in [1.807, 2.05) is 12.3 Å². The third kappa shape index (κ3) is 3.45. The second-order valence-corrected chi connectivity index (χ2v) is 8.23. The molecule has 0 radical (unpaired) electrons. The van der Waals surface area contributed by atoms with Crippen LogP contribution in [0.1, 0.15) is 44.4 Å².